The van der Waals surface area contributed by atoms with Gasteiger partial charge in [-0.15, -0.1) is 0 Å². The van der Waals surface area contributed by atoms with Crippen LogP contribution in [0.15, 0.2) is 60.8 Å². The fourth-order valence-corrected chi connectivity index (χ4v) is 2.75. The summed E-state index contributed by atoms with van der Waals surface area (Å²) in [7, 11) is 1.79. The van der Waals surface area contributed by atoms with Gasteiger partial charge in [0, 0.05) is 18.0 Å². The minimum atomic E-state index is -0.0193. The predicted octanol–water partition coefficient (Wildman–Crippen LogP) is 4.85. The van der Waals surface area contributed by atoms with Gasteiger partial charge in [-0.05, 0) is 42.7 Å². The highest BCUT2D eigenvalue weighted by atomic mass is 16.2. The number of pyridine rings is 1. The van der Waals surface area contributed by atoms with Gasteiger partial charge in [0.2, 0.25) is 0 Å². The minimum absolute atomic E-state index is 0.0193. The van der Waals surface area contributed by atoms with Crippen molar-refractivity contribution in [2.24, 2.45) is 0 Å². The molecule has 0 radical (unpaired) electrons. The second-order valence-corrected chi connectivity index (χ2v) is 6.05. The highest BCUT2D eigenvalue weighted by molar-refractivity contribution is 6.06. The van der Waals surface area contributed by atoms with E-state index in [0.717, 1.165) is 23.0 Å². The normalized spacial score (nSPS) is 10.8. The Morgan fingerprint density at radius 1 is 1.08 bits per heavy atom. The molecule has 0 bridgehead atoms. The van der Waals surface area contributed by atoms with E-state index in [1.54, 1.807) is 18.1 Å². The van der Waals surface area contributed by atoms with E-state index in [9.17, 15) is 4.79 Å². The Labute approximate surface area is 143 Å². The molecule has 1 heterocycles. The van der Waals surface area contributed by atoms with Gasteiger partial charge in [0.1, 0.15) is 0 Å². The van der Waals surface area contributed by atoms with E-state index < -0.39 is 0 Å². The first-order chi connectivity index (χ1) is 11.7. The fraction of sp³-hybridized carbons (Fsp3) is 0.238. The van der Waals surface area contributed by atoms with Crippen LogP contribution >= 0.6 is 0 Å². The number of para-hydroxylation sites is 1. The van der Waals surface area contributed by atoms with E-state index >= 15 is 0 Å². The highest BCUT2D eigenvalue weighted by Crippen LogP contribution is 2.20. The number of rotatable bonds is 5. The van der Waals surface area contributed by atoms with Gasteiger partial charge in [-0.2, -0.15) is 0 Å². The molecule has 0 saturated heterocycles. The van der Waals surface area contributed by atoms with Gasteiger partial charge >= 0.3 is 0 Å². The average Bonchev–Trinajstić information content (AvgIpc) is 2.65. The minimum Gasteiger partial charge on any atom is -0.310 e. The first kappa shape index (κ1) is 16.2. The van der Waals surface area contributed by atoms with Gasteiger partial charge < -0.3 is 4.90 Å². The lowest BCUT2D eigenvalue weighted by Gasteiger charge is -2.17. The second-order valence-electron chi connectivity index (χ2n) is 6.05. The van der Waals surface area contributed by atoms with Crippen LogP contribution in [0.2, 0.25) is 0 Å². The summed E-state index contributed by atoms with van der Waals surface area (Å²) in [6.07, 6.45) is 5.17. The molecule has 1 amide bonds. The van der Waals surface area contributed by atoms with Crippen LogP contribution in [0, 0.1) is 0 Å². The van der Waals surface area contributed by atoms with Crippen molar-refractivity contribution < 1.29 is 4.79 Å². The van der Waals surface area contributed by atoms with Crippen LogP contribution in [0.4, 0.5) is 5.69 Å². The van der Waals surface area contributed by atoms with E-state index in [1.165, 1.54) is 18.4 Å². The Morgan fingerprint density at radius 2 is 1.83 bits per heavy atom. The zero-order valence-electron chi connectivity index (χ0n) is 14.2. The number of nitrogens with zero attached hydrogens (tertiary/aromatic N) is 2. The van der Waals surface area contributed by atoms with Gasteiger partial charge in [-0.25, -0.2) is 0 Å². The van der Waals surface area contributed by atoms with E-state index in [4.69, 9.17) is 0 Å². The molecule has 0 aliphatic rings. The smallest absolute Gasteiger partial charge is 0.258 e. The molecule has 0 N–H and O–H groups in total. The van der Waals surface area contributed by atoms with Crippen molar-refractivity contribution in [3.63, 3.8) is 0 Å². The van der Waals surface area contributed by atoms with Crippen LogP contribution in [0.5, 0.6) is 0 Å². The largest absolute Gasteiger partial charge is 0.310 e. The molecule has 1 aromatic heterocycles. The van der Waals surface area contributed by atoms with E-state index in [0.29, 0.717) is 5.56 Å². The summed E-state index contributed by atoms with van der Waals surface area (Å²) >= 11 is 0. The third-order valence-electron chi connectivity index (χ3n) is 4.29. The van der Waals surface area contributed by atoms with Gasteiger partial charge in [-0.3, -0.25) is 9.78 Å². The topological polar surface area (TPSA) is 33.2 Å². The number of aromatic nitrogens is 1. The molecule has 0 unspecified atom stereocenters. The van der Waals surface area contributed by atoms with E-state index in [2.05, 4.69) is 24.0 Å². The van der Waals surface area contributed by atoms with Crippen LogP contribution in [0.25, 0.3) is 10.9 Å². The molecule has 0 atom stereocenters. The Bertz CT molecular complexity index is 840. The average molecular weight is 318 g/mol. The van der Waals surface area contributed by atoms with Crippen LogP contribution in [-0.4, -0.2) is 17.9 Å². The van der Waals surface area contributed by atoms with Crippen molar-refractivity contribution in [2.75, 3.05) is 11.9 Å². The lowest BCUT2D eigenvalue weighted by Crippen LogP contribution is -2.26. The predicted molar refractivity (Wildman–Crippen MR) is 99.5 cm³/mol. The number of anilines is 1. The summed E-state index contributed by atoms with van der Waals surface area (Å²) in [5, 5.41) is 1.03. The van der Waals surface area contributed by atoms with E-state index in [1.807, 2.05) is 42.5 Å². The third kappa shape index (κ3) is 3.46. The lowest BCUT2D eigenvalue weighted by atomic mass is 10.1. The summed E-state index contributed by atoms with van der Waals surface area (Å²) in [6, 6.07) is 17.8. The molecule has 2 aromatic carbocycles. The first-order valence-corrected chi connectivity index (χ1v) is 8.41. The molecule has 3 heteroatoms. The molecule has 3 nitrogen and oxygen atoms in total. The molecule has 0 saturated carbocycles. The number of fused-ring (bicyclic) bond motifs is 1. The first-order valence-electron chi connectivity index (χ1n) is 8.41. The molecule has 122 valence electrons. The molecule has 3 aromatic rings. The fourth-order valence-electron chi connectivity index (χ4n) is 2.75. The third-order valence-corrected chi connectivity index (χ3v) is 4.29. The Hall–Kier alpha value is -2.68. The maximum absolute atomic E-state index is 12.7. The second kappa shape index (κ2) is 7.26. The Morgan fingerprint density at radius 3 is 2.58 bits per heavy atom. The van der Waals surface area contributed by atoms with Crippen molar-refractivity contribution in [2.45, 2.75) is 26.2 Å². The van der Waals surface area contributed by atoms with Gasteiger partial charge in [0.05, 0.1) is 17.4 Å². The number of amides is 1. The number of carbonyl (C=O) groups excluding carboxylic acids is 1. The number of carbonyl (C=O) groups is 1. The Kier molecular flexibility index (Phi) is 4.90. The number of hydrogen-bond acceptors (Lipinski definition) is 2. The van der Waals surface area contributed by atoms with Crippen molar-refractivity contribution in [3.8, 4) is 0 Å². The van der Waals surface area contributed by atoms with Crippen molar-refractivity contribution >= 4 is 22.5 Å². The quantitative estimate of drug-likeness (QED) is 0.673. The van der Waals surface area contributed by atoms with Crippen molar-refractivity contribution in [1.29, 1.82) is 0 Å². The molecule has 3 rings (SSSR count). The summed E-state index contributed by atoms with van der Waals surface area (Å²) in [5.41, 5.74) is 3.71. The highest BCUT2D eigenvalue weighted by Gasteiger charge is 2.14. The van der Waals surface area contributed by atoms with Crippen molar-refractivity contribution in [1.82, 2.24) is 4.98 Å². The zero-order chi connectivity index (χ0) is 16.9. The summed E-state index contributed by atoms with van der Waals surface area (Å²) in [4.78, 5) is 18.8. The molecular formula is C21H22N2O. The lowest BCUT2D eigenvalue weighted by molar-refractivity contribution is 0.0993. The maximum atomic E-state index is 12.7. The standard InChI is InChI=1S/C21H22N2O/c1-3-4-7-16-10-12-17(13-11-16)21(24)23(2)19-14-18-8-5-6-9-20(18)22-15-19/h5-6,8-15H,3-4,7H2,1-2H3. The monoisotopic (exact) mass is 318 g/mol. The molecule has 24 heavy (non-hydrogen) atoms. The molecule has 0 aliphatic heterocycles. The maximum Gasteiger partial charge on any atom is 0.258 e. The summed E-state index contributed by atoms with van der Waals surface area (Å²) < 4.78 is 0. The van der Waals surface area contributed by atoms with Crippen molar-refractivity contribution in [3.05, 3.63) is 71.9 Å². The zero-order valence-corrected chi connectivity index (χ0v) is 14.2. The number of hydrogen-bond donors (Lipinski definition) is 0. The van der Waals surface area contributed by atoms with Gasteiger partial charge in [0.25, 0.3) is 5.91 Å². The summed E-state index contributed by atoms with van der Waals surface area (Å²) in [5.74, 6) is -0.0193. The number of unbranched alkanes of at least 4 members (excludes halogenated alkanes) is 1. The van der Waals surface area contributed by atoms with E-state index in [-0.39, 0.29) is 5.91 Å². The van der Waals surface area contributed by atoms with Crippen LogP contribution < -0.4 is 4.90 Å². The molecule has 0 fully saturated rings. The van der Waals surface area contributed by atoms with Crippen LogP contribution in [-0.2, 0) is 6.42 Å². The van der Waals surface area contributed by atoms with Gasteiger partial charge in [0.15, 0.2) is 0 Å². The Balaban J connectivity index is 1.80. The number of benzene rings is 2. The molecular weight excluding hydrogens is 296 g/mol. The van der Waals surface area contributed by atoms with Crippen LogP contribution in [0.1, 0.15) is 35.7 Å². The number of aryl methyl sites for hydroxylation is 1. The molecule has 0 spiro atoms. The van der Waals surface area contributed by atoms with Gasteiger partial charge in [-0.1, -0.05) is 43.7 Å². The summed E-state index contributed by atoms with van der Waals surface area (Å²) in [6.45, 7) is 2.18. The van der Waals surface area contributed by atoms with Crippen LogP contribution in [0.3, 0.4) is 0 Å². The SMILES string of the molecule is CCCCc1ccc(C(=O)N(C)c2cnc3ccccc3c2)cc1. The molecule has 0 aliphatic carbocycles.